The molecule has 0 aliphatic carbocycles. The topological polar surface area (TPSA) is 67.4 Å². The molecule has 2 rings (SSSR count). The number of aromatic amines is 1. The molecule has 1 aromatic rings. The molecule has 1 fully saturated rings. The number of H-pyrrole nitrogens is 1. The fourth-order valence-corrected chi connectivity index (χ4v) is 4.35. The van der Waals surface area contributed by atoms with Gasteiger partial charge in [-0.15, -0.1) is 0 Å². The third kappa shape index (κ3) is 5.93. The fourth-order valence-electron chi connectivity index (χ4n) is 2.85. The van der Waals surface area contributed by atoms with E-state index in [1.54, 1.807) is 4.90 Å². The van der Waals surface area contributed by atoms with Gasteiger partial charge in [-0.25, -0.2) is 9.78 Å². The number of ether oxygens (including phenoxy) is 1. The molecule has 0 spiro atoms. The van der Waals surface area contributed by atoms with Crippen LogP contribution in [-0.4, -0.2) is 48.0 Å². The van der Waals surface area contributed by atoms with Crippen molar-refractivity contribution in [2.75, 3.05) is 13.2 Å². The van der Waals surface area contributed by atoms with Crippen molar-refractivity contribution in [3.63, 3.8) is 0 Å². The minimum atomic E-state index is -1.82. The number of likely N-dealkylation sites (tertiary alicyclic amines) is 1. The SMILES string of the molecule is CC(C)(C)OC(=O)N1CC(CO[Si](C)(C)C(C)(C)C)CC1c1nc(I)c[nH]1. The van der Waals surface area contributed by atoms with E-state index in [-0.39, 0.29) is 23.1 Å². The van der Waals surface area contributed by atoms with Crippen molar-refractivity contribution in [1.82, 2.24) is 14.9 Å². The lowest BCUT2D eigenvalue weighted by Crippen LogP contribution is -2.42. The Morgan fingerprint density at radius 3 is 2.44 bits per heavy atom. The molecule has 0 bridgehead atoms. The Kier molecular flexibility index (Phi) is 6.74. The van der Waals surface area contributed by atoms with Crippen molar-refractivity contribution in [1.29, 1.82) is 0 Å². The van der Waals surface area contributed by atoms with E-state index in [0.29, 0.717) is 13.2 Å². The maximum atomic E-state index is 12.8. The van der Waals surface area contributed by atoms with Crippen molar-refractivity contribution in [3.05, 3.63) is 15.7 Å². The lowest BCUT2D eigenvalue weighted by atomic mass is 10.1. The van der Waals surface area contributed by atoms with Crippen molar-refractivity contribution >= 4 is 37.0 Å². The maximum absolute atomic E-state index is 12.8. The number of imidazole rings is 1. The van der Waals surface area contributed by atoms with E-state index < -0.39 is 13.9 Å². The zero-order valence-electron chi connectivity index (χ0n) is 17.9. The van der Waals surface area contributed by atoms with Crippen LogP contribution >= 0.6 is 22.6 Å². The number of amides is 1. The van der Waals surface area contributed by atoms with E-state index in [4.69, 9.17) is 9.16 Å². The van der Waals surface area contributed by atoms with Gasteiger partial charge in [0, 0.05) is 25.3 Å². The molecule has 1 amide bonds. The quantitative estimate of drug-likeness (QED) is 0.442. The first-order valence-corrected chi connectivity index (χ1v) is 13.5. The van der Waals surface area contributed by atoms with Crippen molar-refractivity contribution in [2.45, 2.75) is 77.7 Å². The molecule has 8 heteroatoms. The number of carbonyl (C=O) groups is 1. The minimum Gasteiger partial charge on any atom is -0.444 e. The van der Waals surface area contributed by atoms with Gasteiger partial charge < -0.3 is 14.1 Å². The highest BCUT2D eigenvalue weighted by Gasteiger charge is 2.42. The predicted octanol–water partition coefficient (Wildman–Crippen LogP) is 5.33. The Bertz CT molecular complexity index is 664. The highest BCUT2D eigenvalue weighted by molar-refractivity contribution is 14.1. The summed E-state index contributed by atoms with van der Waals surface area (Å²) in [5.74, 6) is 1.10. The largest absolute Gasteiger partial charge is 0.444 e. The second kappa shape index (κ2) is 8.02. The van der Waals surface area contributed by atoms with Gasteiger partial charge in [0.05, 0.1) is 6.04 Å². The lowest BCUT2D eigenvalue weighted by Gasteiger charge is -2.37. The number of nitrogens with one attached hydrogen (secondary N) is 1. The summed E-state index contributed by atoms with van der Waals surface area (Å²) in [7, 11) is -1.82. The average molecular weight is 507 g/mol. The average Bonchev–Trinajstić information content (AvgIpc) is 3.08. The minimum absolute atomic E-state index is 0.101. The van der Waals surface area contributed by atoms with Crippen LogP contribution < -0.4 is 0 Å². The molecule has 1 aromatic heterocycles. The molecule has 1 N–H and O–H groups in total. The van der Waals surface area contributed by atoms with Crippen molar-refractivity contribution in [3.8, 4) is 0 Å². The molecule has 0 aromatic carbocycles. The summed E-state index contributed by atoms with van der Waals surface area (Å²) in [6.07, 6.45) is 2.41. The summed E-state index contributed by atoms with van der Waals surface area (Å²) in [6.45, 7) is 18.2. The van der Waals surface area contributed by atoms with Gasteiger partial charge in [0.2, 0.25) is 0 Å². The smallest absolute Gasteiger partial charge is 0.410 e. The van der Waals surface area contributed by atoms with E-state index in [1.807, 2.05) is 27.0 Å². The van der Waals surface area contributed by atoms with Crippen LogP contribution in [0.3, 0.4) is 0 Å². The van der Waals surface area contributed by atoms with Crippen molar-refractivity contribution in [2.24, 2.45) is 5.92 Å². The molecule has 1 aliphatic heterocycles. The summed E-state index contributed by atoms with van der Waals surface area (Å²) >= 11 is 2.18. The van der Waals surface area contributed by atoms with E-state index >= 15 is 0 Å². The van der Waals surface area contributed by atoms with Gasteiger partial charge in [0.1, 0.15) is 15.1 Å². The standard InChI is InChI=1S/C19H34IN3O3Si/c1-18(2,3)26-17(24)23-11-13(12-25-27(7,8)19(4,5)6)9-14(23)16-21-10-15(20)22-16/h10,13-14H,9,11-12H2,1-8H3,(H,21,22). The first-order chi connectivity index (χ1) is 12.2. The first-order valence-electron chi connectivity index (χ1n) is 9.54. The molecule has 154 valence electrons. The van der Waals surface area contributed by atoms with Gasteiger partial charge in [0.25, 0.3) is 0 Å². The van der Waals surface area contributed by atoms with Crippen LogP contribution in [0.15, 0.2) is 6.20 Å². The van der Waals surface area contributed by atoms with Crippen LogP contribution in [0.25, 0.3) is 0 Å². The molecule has 2 atom stereocenters. The molecule has 2 heterocycles. The van der Waals surface area contributed by atoms with E-state index in [9.17, 15) is 4.79 Å². The summed E-state index contributed by atoms with van der Waals surface area (Å²) in [4.78, 5) is 22.4. The molecule has 27 heavy (non-hydrogen) atoms. The Morgan fingerprint density at radius 2 is 1.96 bits per heavy atom. The number of nitrogens with zero attached hydrogens (tertiary/aromatic N) is 2. The van der Waals surface area contributed by atoms with Gasteiger partial charge >= 0.3 is 6.09 Å². The van der Waals surface area contributed by atoms with Gasteiger partial charge in [0.15, 0.2) is 8.32 Å². The van der Waals surface area contributed by atoms with E-state index in [2.05, 4.69) is 66.4 Å². The van der Waals surface area contributed by atoms with Crippen LogP contribution in [0.1, 0.15) is 59.8 Å². The van der Waals surface area contributed by atoms with E-state index in [1.165, 1.54) is 0 Å². The van der Waals surface area contributed by atoms with Crippen LogP contribution in [0, 0.1) is 9.62 Å². The maximum Gasteiger partial charge on any atom is 0.410 e. The molecule has 0 radical (unpaired) electrons. The number of aromatic nitrogens is 2. The number of halogens is 1. The number of carbonyl (C=O) groups excluding carboxylic acids is 1. The van der Waals surface area contributed by atoms with Crippen LogP contribution in [-0.2, 0) is 9.16 Å². The summed E-state index contributed by atoms with van der Waals surface area (Å²) in [5.41, 5.74) is -0.519. The summed E-state index contributed by atoms with van der Waals surface area (Å²) in [6, 6.07) is -0.101. The Balaban J connectivity index is 2.13. The third-order valence-electron chi connectivity index (χ3n) is 5.38. The molecular formula is C19H34IN3O3Si. The zero-order chi connectivity index (χ0) is 20.6. The van der Waals surface area contributed by atoms with Crippen LogP contribution in [0.2, 0.25) is 18.1 Å². The molecular weight excluding hydrogens is 473 g/mol. The Morgan fingerprint density at radius 1 is 1.33 bits per heavy atom. The predicted molar refractivity (Wildman–Crippen MR) is 118 cm³/mol. The van der Waals surface area contributed by atoms with Gasteiger partial charge in [-0.3, -0.25) is 4.90 Å². The zero-order valence-corrected chi connectivity index (χ0v) is 21.0. The fraction of sp³-hybridized carbons (Fsp3) is 0.789. The second-order valence-corrected chi connectivity index (χ2v) is 15.8. The third-order valence-corrected chi connectivity index (χ3v) is 10.4. The van der Waals surface area contributed by atoms with Crippen LogP contribution in [0.5, 0.6) is 0 Å². The van der Waals surface area contributed by atoms with Crippen LogP contribution in [0.4, 0.5) is 4.79 Å². The first kappa shape index (κ1) is 22.7. The van der Waals surface area contributed by atoms with Gasteiger partial charge in [-0.05, 0) is 67.9 Å². The normalized spacial score (nSPS) is 21.6. The summed E-state index contributed by atoms with van der Waals surface area (Å²) in [5, 5.41) is 0.174. The highest BCUT2D eigenvalue weighted by Crippen LogP contribution is 2.39. The second-order valence-electron chi connectivity index (χ2n) is 9.93. The van der Waals surface area contributed by atoms with Gasteiger partial charge in [-0.1, -0.05) is 20.8 Å². The van der Waals surface area contributed by atoms with Gasteiger partial charge in [-0.2, -0.15) is 0 Å². The molecule has 2 unspecified atom stereocenters. The summed E-state index contributed by atoms with van der Waals surface area (Å²) < 4.78 is 13.0. The number of hydrogen-bond acceptors (Lipinski definition) is 4. The highest BCUT2D eigenvalue weighted by atomic mass is 127. The molecule has 0 saturated carbocycles. The monoisotopic (exact) mass is 507 g/mol. The molecule has 1 saturated heterocycles. The number of hydrogen-bond donors (Lipinski definition) is 1. The lowest BCUT2D eigenvalue weighted by molar-refractivity contribution is 0.0211. The molecule has 6 nitrogen and oxygen atoms in total. The van der Waals surface area contributed by atoms with E-state index in [0.717, 1.165) is 15.9 Å². The Hall–Kier alpha value is -0.613. The Labute approximate surface area is 178 Å². The number of rotatable bonds is 4. The molecule has 1 aliphatic rings. The van der Waals surface area contributed by atoms with Crippen molar-refractivity contribution < 1.29 is 14.0 Å².